The molecule has 0 aliphatic carbocycles. The Labute approximate surface area is 131 Å². The molecule has 7 heteroatoms. The molecular formula is C15H15N5OS. The van der Waals surface area contributed by atoms with Crippen molar-refractivity contribution >= 4 is 22.4 Å². The second kappa shape index (κ2) is 5.69. The molecule has 0 spiro atoms. The number of anilines is 1. The van der Waals surface area contributed by atoms with E-state index >= 15 is 0 Å². The third-order valence-corrected chi connectivity index (χ3v) is 3.91. The number of amides is 1. The van der Waals surface area contributed by atoms with Crippen molar-refractivity contribution in [1.29, 1.82) is 0 Å². The van der Waals surface area contributed by atoms with E-state index in [-0.39, 0.29) is 5.91 Å². The average molecular weight is 313 g/mol. The molecule has 112 valence electrons. The van der Waals surface area contributed by atoms with E-state index in [9.17, 15) is 4.79 Å². The van der Waals surface area contributed by atoms with Gasteiger partial charge in [-0.05, 0) is 39.0 Å². The molecule has 0 radical (unpaired) electrons. The van der Waals surface area contributed by atoms with Gasteiger partial charge < -0.3 is 0 Å². The molecule has 3 aromatic heterocycles. The first-order valence-corrected chi connectivity index (χ1v) is 7.58. The molecule has 6 nitrogen and oxygen atoms in total. The van der Waals surface area contributed by atoms with Gasteiger partial charge in [0, 0.05) is 23.0 Å². The Bertz CT molecular complexity index is 819. The van der Waals surface area contributed by atoms with Crippen molar-refractivity contribution in [2.45, 2.75) is 20.8 Å². The molecule has 3 heterocycles. The molecule has 3 rings (SSSR count). The van der Waals surface area contributed by atoms with E-state index in [1.165, 1.54) is 11.3 Å². The maximum absolute atomic E-state index is 12.1. The maximum atomic E-state index is 12.1. The fraction of sp³-hybridized carbons (Fsp3) is 0.200. The van der Waals surface area contributed by atoms with Crippen LogP contribution in [0.25, 0.3) is 5.82 Å². The second-order valence-corrected chi connectivity index (χ2v) is 6.21. The largest absolute Gasteiger partial charge is 0.298 e. The zero-order valence-electron chi connectivity index (χ0n) is 12.5. The molecule has 0 bridgehead atoms. The number of hydrogen-bond donors (Lipinski definition) is 1. The first kappa shape index (κ1) is 14.4. The standard InChI is InChI=1S/C15H15N5OS/c1-9-6-10(2)20(19-9)13-5-4-12(8-16-13)14(21)18-15-17-7-11(3)22-15/h4-8H,1-3H3,(H,17,18,21). The van der Waals surface area contributed by atoms with E-state index in [0.29, 0.717) is 16.5 Å². The van der Waals surface area contributed by atoms with Crippen molar-refractivity contribution in [2.75, 3.05) is 5.32 Å². The number of rotatable bonds is 3. The van der Waals surface area contributed by atoms with Crippen LogP contribution in [0, 0.1) is 20.8 Å². The van der Waals surface area contributed by atoms with Crippen molar-refractivity contribution in [3.63, 3.8) is 0 Å². The summed E-state index contributed by atoms with van der Waals surface area (Å²) >= 11 is 1.44. The van der Waals surface area contributed by atoms with Gasteiger partial charge in [-0.25, -0.2) is 14.6 Å². The van der Waals surface area contributed by atoms with E-state index in [0.717, 1.165) is 16.3 Å². The lowest BCUT2D eigenvalue weighted by molar-refractivity contribution is 0.102. The van der Waals surface area contributed by atoms with Crippen molar-refractivity contribution < 1.29 is 4.79 Å². The minimum Gasteiger partial charge on any atom is -0.298 e. The van der Waals surface area contributed by atoms with Gasteiger partial charge in [-0.2, -0.15) is 5.10 Å². The van der Waals surface area contributed by atoms with Gasteiger partial charge in [-0.15, -0.1) is 11.3 Å². The molecule has 0 aromatic carbocycles. The van der Waals surface area contributed by atoms with Crippen molar-refractivity contribution in [3.8, 4) is 5.82 Å². The Balaban J connectivity index is 1.79. The number of thiazole rings is 1. The highest BCUT2D eigenvalue weighted by molar-refractivity contribution is 7.15. The summed E-state index contributed by atoms with van der Waals surface area (Å²) in [4.78, 5) is 21.6. The maximum Gasteiger partial charge on any atom is 0.259 e. The topological polar surface area (TPSA) is 72.7 Å². The van der Waals surface area contributed by atoms with Crippen molar-refractivity contribution in [2.24, 2.45) is 0 Å². The van der Waals surface area contributed by atoms with Crippen LogP contribution in [0.15, 0.2) is 30.6 Å². The minimum absolute atomic E-state index is 0.221. The molecule has 1 N–H and O–H groups in total. The number of nitrogens with one attached hydrogen (secondary N) is 1. The Hall–Kier alpha value is -2.54. The average Bonchev–Trinajstić information content (AvgIpc) is 3.04. The molecular weight excluding hydrogens is 298 g/mol. The van der Waals surface area contributed by atoms with Crippen molar-refractivity contribution in [1.82, 2.24) is 19.7 Å². The first-order chi connectivity index (χ1) is 10.5. The van der Waals surface area contributed by atoms with Crippen LogP contribution >= 0.6 is 11.3 Å². The monoisotopic (exact) mass is 313 g/mol. The summed E-state index contributed by atoms with van der Waals surface area (Å²) in [5, 5.41) is 7.72. The number of carbonyl (C=O) groups excluding carboxylic acids is 1. The van der Waals surface area contributed by atoms with E-state index in [2.05, 4.69) is 20.4 Å². The number of pyridine rings is 1. The molecule has 1 amide bonds. The van der Waals surface area contributed by atoms with Gasteiger partial charge in [0.05, 0.1) is 11.3 Å². The molecule has 0 atom stereocenters. The molecule has 0 saturated carbocycles. The molecule has 3 aromatic rings. The van der Waals surface area contributed by atoms with Crippen LogP contribution in [0.1, 0.15) is 26.6 Å². The van der Waals surface area contributed by atoms with Gasteiger partial charge in [-0.1, -0.05) is 0 Å². The summed E-state index contributed by atoms with van der Waals surface area (Å²) in [6.45, 7) is 5.84. The quantitative estimate of drug-likeness (QED) is 0.807. The smallest absolute Gasteiger partial charge is 0.259 e. The Kier molecular flexibility index (Phi) is 3.72. The molecule has 0 aliphatic heterocycles. The third kappa shape index (κ3) is 2.89. The zero-order valence-corrected chi connectivity index (χ0v) is 13.3. The SMILES string of the molecule is Cc1cc(C)n(-c2ccc(C(=O)Nc3ncc(C)s3)cn2)n1. The third-order valence-electron chi connectivity index (χ3n) is 3.08. The van der Waals surface area contributed by atoms with Gasteiger partial charge in [0.15, 0.2) is 10.9 Å². The summed E-state index contributed by atoms with van der Waals surface area (Å²) in [5.41, 5.74) is 2.42. The van der Waals surface area contributed by atoms with Gasteiger partial charge in [0.1, 0.15) is 0 Å². The number of nitrogens with zero attached hydrogens (tertiary/aromatic N) is 4. The molecule has 0 unspecified atom stereocenters. The van der Waals surface area contributed by atoms with E-state index in [1.807, 2.05) is 26.8 Å². The Morgan fingerprint density at radius 3 is 2.55 bits per heavy atom. The lowest BCUT2D eigenvalue weighted by Gasteiger charge is -2.05. The molecule has 0 aliphatic rings. The minimum atomic E-state index is -0.221. The lowest BCUT2D eigenvalue weighted by Crippen LogP contribution is -2.12. The van der Waals surface area contributed by atoms with Gasteiger partial charge in [0.2, 0.25) is 0 Å². The van der Waals surface area contributed by atoms with Crippen LogP contribution < -0.4 is 5.32 Å². The Morgan fingerprint density at radius 2 is 2.00 bits per heavy atom. The first-order valence-electron chi connectivity index (χ1n) is 6.76. The zero-order chi connectivity index (χ0) is 15.7. The van der Waals surface area contributed by atoms with E-state index < -0.39 is 0 Å². The van der Waals surface area contributed by atoms with Crippen LogP contribution in [0.2, 0.25) is 0 Å². The molecule has 22 heavy (non-hydrogen) atoms. The summed E-state index contributed by atoms with van der Waals surface area (Å²) in [5.74, 6) is 0.467. The fourth-order valence-electron chi connectivity index (χ4n) is 2.09. The number of hydrogen-bond acceptors (Lipinski definition) is 5. The lowest BCUT2D eigenvalue weighted by atomic mass is 10.2. The summed E-state index contributed by atoms with van der Waals surface area (Å²) < 4.78 is 1.75. The van der Waals surface area contributed by atoms with Crippen molar-refractivity contribution in [3.05, 3.63) is 52.4 Å². The van der Waals surface area contributed by atoms with Crippen LogP contribution in [0.5, 0.6) is 0 Å². The molecule has 0 fully saturated rings. The summed E-state index contributed by atoms with van der Waals surface area (Å²) in [6.07, 6.45) is 3.27. The fourth-order valence-corrected chi connectivity index (χ4v) is 2.75. The molecule has 0 saturated heterocycles. The van der Waals surface area contributed by atoms with Crippen LogP contribution in [0.3, 0.4) is 0 Å². The summed E-state index contributed by atoms with van der Waals surface area (Å²) in [7, 11) is 0. The van der Waals surface area contributed by atoms with Gasteiger partial charge in [-0.3, -0.25) is 10.1 Å². The van der Waals surface area contributed by atoms with Crippen LogP contribution in [-0.2, 0) is 0 Å². The normalized spacial score (nSPS) is 10.7. The highest BCUT2D eigenvalue weighted by Gasteiger charge is 2.10. The highest BCUT2D eigenvalue weighted by atomic mass is 32.1. The predicted molar refractivity (Wildman–Crippen MR) is 85.6 cm³/mol. The van der Waals surface area contributed by atoms with E-state index in [1.54, 1.807) is 29.2 Å². The number of carbonyl (C=O) groups is 1. The van der Waals surface area contributed by atoms with Crippen LogP contribution in [-0.4, -0.2) is 25.7 Å². The summed E-state index contributed by atoms with van der Waals surface area (Å²) in [6, 6.07) is 5.49. The van der Waals surface area contributed by atoms with Gasteiger partial charge >= 0.3 is 0 Å². The number of aromatic nitrogens is 4. The van der Waals surface area contributed by atoms with E-state index in [4.69, 9.17) is 0 Å². The predicted octanol–water partition coefficient (Wildman–Crippen LogP) is 2.90. The van der Waals surface area contributed by atoms with Crippen LogP contribution in [0.4, 0.5) is 5.13 Å². The van der Waals surface area contributed by atoms with Gasteiger partial charge in [0.25, 0.3) is 5.91 Å². The Morgan fingerprint density at radius 1 is 1.18 bits per heavy atom. The second-order valence-electron chi connectivity index (χ2n) is 4.97. The number of aryl methyl sites for hydroxylation is 3. The highest BCUT2D eigenvalue weighted by Crippen LogP contribution is 2.17.